The molecule has 0 unspecified atom stereocenters. The topological polar surface area (TPSA) is 57.2 Å². The van der Waals surface area contributed by atoms with E-state index in [0.717, 1.165) is 43.7 Å². The molecule has 0 saturated carbocycles. The van der Waals surface area contributed by atoms with Crippen LogP contribution >= 0.6 is 0 Å². The molecular weight excluding hydrogens is 409 g/mol. The van der Waals surface area contributed by atoms with Crippen LogP contribution < -0.4 is 14.8 Å². The molecule has 32 heavy (non-hydrogen) atoms. The van der Waals surface area contributed by atoms with Crippen LogP contribution in [0.25, 0.3) is 0 Å². The highest BCUT2D eigenvalue weighted by Crippen LogP contribution is 2.28. The number of benzene rings is 2. The Bertz CT molecular complexity index is 864. The van der Waals surface area contributed by atoms with Gasteiger partial charge < -0.3 is 24.8 Å². The van der Waals surface area contributed by atoms with E-state index in [-0.39, 0.29) is 12.4 Å². The molecule has 6 nitrogen and oxygen atoms in total. The lowest BCUT2D eigenvalue weighted by Crippen LogP contribution is -2.37. The van der Waals surface area contributed by atoms with Gasteiger partial charge in [0.25, 0.3) is 0 Å². The van der Waals surface area contributed by atoms with E-state index in [1.807, 2.05) is 24.3 Å². The van der Waals surface area contributed by atoms with Gasteiger partial charge in [-0.1, -0.05) is 18.2 Å². The molecule has 2 aromatic carbocycles. The van der Waals surface area contributed by atoms with E-state index in [1.54, 1.807) is 26.2 Å². The van der Waals surface area contributed by atoms with E-state index >= 15 is 0 Å². The molecule has 0 aromatic heterocycles. The summed E-state index contributed by atoms with van der Waals surface area (Å²) in [6.07, 6.45) is 0.545. The van der Waals surface area contributed by atoms with Crippen LogP contribution in [0.15, 0.2) is 36.4 Å². The Morgan fingerprint density at radius 3 is 2.53 bits per heavy atom. The number of nitrogens with one attached hydrogen (secondary N) is 1. The number of halogens is 1. The summed E-state index contributed by atoms with van der Waals surface area (Å²) in [4.78, 5) is 4.62. The highest BCUT2D eigenvalue weighted by atomic mass is 19.1. The summed E-state index contributed by atoms with van der Waals surface area (Å²) >= 11 is 0. The van der Waals surface area contributed by atoms with Crippen molar-refractivity contribution >= 4 is 0 Å². The number of nitrogens with zero attached hydrogens (tertiary/aromatic N) is 2. The molecule has 1 aliphatic heterocycles. The number of ether oxygens (including phenoxy) is 2. The molecule has 0 radical (unpaired) electrons. The van der Waals surface area contributed by atoms with Crippen LogP contribution in [-0.4, -0.2) is 74.5 Å². The largest absolute Gasteiger partial charge is 0.493 e. The third kappa shape index (κ3) is 7.45. The molecule has 1 aliphatic rings. The summed E-state index contributed by atoms with van der Waals surface area (Å²) in [5, 5.41) is 13.8. The van der Waals surface area contributed by atoms with E-state index < -0.39 is 6.10 Å². The Labute approximate surface area is 190 Å². The fourth-order valence-corrected chi connectivity index (χ4v) is 3.86. The summed E-state index contributed by atoms with van der Waals surface area (Å²) in [6, 6.07) is 11.1. The van der Waals surface area contributed by atoms with Crippen LogP contribution in [-0.2, 0) is 13.1 Å². The van der Waals surface area contributed by atoms with Gasteiger partial charge in [0.1, 0.15) is 18.5 Å². The van der Waals surface area contributed by atoms with E-state index in [2.05, 4.69) is 22.2 Å². The van der Waals surface area contributed by atoms with Crippen molar-refractivity contribution in [3.8, 4) is 11.5 Å². The maximum absolute atomic E-state index is 13.7. The SMILES string of the molecule is COc1ccc(CNCc2ccc(C)c(F)c2)cc1OC[C@@H](O)CN1CCCN(C)CC1. The molecule has 0 aliphatic carbocycles. The Morgan fingerprint density at radius 1 is 1.03 bits per heavy atom. The first-order chi connectivity index (χ1) is 15.4. The van der Waals surface area contributed by atoms with Crippen molar-refractivity contribution < 1.29 is 19.0 Å². The quantitative estimate of drug-likeness (QED) is 0.587. The molecule has 176 valence electrons. The van der Waals surface area contributed by atoms with E-state index in [9.17, 15) is 9.50 Å². The average molecular weight is 446 g/mol. The first-order valence-corrected chi connectivity index (χ1v) is 11.3. The number of rotatable bonds is 10. The average Bonchev–Trinajstić information content (AvgIpc) is 2.98. The summed E-state index contributed by atoms with van der Waals surface area (Å²) in [5.74, 6) is 1.07. The molecule has 0 amide bonds. The summed E-state index contributed by atoms with van der Waals surface area (Å²) < 4.78 is 25.1. The second-order valence-corrected chi connectivity index (χ2v) is 8.59. The molecule has 0 bridgehead atoms. The van der Waals surface area contributed by atoms with Crippen molar-refractivity contribution in [1.82, 2.24) is 15.1 Å². The van der Waals surface area contributed by atoms with E-state index in [0.29, 0.717) is 36.7 Å². The van der Waals surface area contributed by atoms with Crippen LogP contribution in [0.1, 0.15) is 23.1 Å². The number of hydrogen-bond donors (Lipinski definition) is 2. The molecule has 7 heteroatoms. The highest BCUT2D eigenvalue weighted by molar-refractivity contribution is 5.43. The van der Waals surface area contributed by atoms with Gasteiger partial charge >= 0.3 is 0 Å². The summed E-state index contributed by atoms with van der Waals surface area (Å²) in [7, 11) is 3.74. The Balaban J connectivity index is 1.50. The zero-order chi connectivity index (χ0) is 22.9. The van der Waals surface area contributed by atoms with Crippen molar-refractivity contribution in [2.24, 2.45) is 0 Å². The summed E-state index contributed by atoms with van der Waals surface area (Å²) in [6.45, 7) is 7.83. The van der Waals surface area contributed by atoms with Gasteiger partial charge in [0.2, 0.25) is 0 Å². The van der Waals surface area contributed by atoms with Crippen molar-refractivity contribution in [3.63, 3.8) is 0 Å². The number of hydrogen-bond acceptors (Lipinski definition) is 6. The maximum atomic E-state index is 13.7. The predicted octanol–water partition coefficient (Wildman–Crippen LogP) is 2.81. The molecule has 2 aromatic rings. The number of likely N-dealkylation sites (N-methyl/N-ethyl adjacent to an activating group) is 1. The van der Waals surface area contributed by atoms with Gasteiger partial charge in [-0.15, -0.1) is 0 Å². The fraction of sp³-hybridized carbons (Fsp3) is 0.520. The Hall–Kier alpha value is -2.19. The highest BCUT2D eigenvalue weighted by Gasteiger charge is 2.17. The molecule has 1 atom stereocenters. The minimum absolute atomic E-state index is 0.185. The molecule has 2 N–H and O–H groups in total. The van der Waals surface area contributed by atoms with Gasteiger partial charge in [-0.25, -0.2) is 4.39 Å². The molecule has 0 spiro atoms. The number of aliphatic hydroxyl groups excluding tert-OH is 1. The second-order valence-electron chi connectivity index (χ2n) is 8.59. The van der Waals surface area contributed by atoms with Crippen LogP contribution in [0.3, 0.4) is 0 Å². The van der Waals surface area contributed by atoms with E-state index in [4.69, 9.17) is 9.47 Å². The smallest absolute Gasteiger partial charge is 0.161 e. The minimum Gasteiger partial charge on any atom is -0.493 e. The van der Waals surface area contributed by atoms with Gasteiger partial charge in [0.05, 0.1) is 7.11 Å². The van der Waals surface area contributed by atoms with Crippen molar-refractivity contribution in [1.29, 1.82) is 0 Å². The summed E-state index contributed by atoms with van der Waals surface area (Å²) in [5.41, 5.74) is 2.58. The second kappa shape index (κ2) is 12.2. The van der Waals surface area contributed by atoms with Gasteiger partial charge in [-0.05, 0) is 68.4 Å². The number of methoxy groups -OCH3 is 1. The van der Waals surface area contributed by atoms with Crippen LogP contribution in [0.5, 0.6) is 11.5 Å². The first kappa shape index (κ1) is 24.5. The normalized spacial score (nSPS) is 16.5. The van der Waals surface area contributed by atoms with Gasteiger partial charge in [-0.2, -0.15) is 0 Å². The lowest BCUT2D eigenvalue weighted by molar-refractivity contribution is 0.0685. The maximum Gasteiger partial charge on any atom is 0.161 e. The standard InChI is InChI=1S/C25H36FN3O3/c1-19-5-6-20(13-23(19)26)15-27-16-21-7-8-24(31-3)25(14-21)32-18-22(30)17-29-10-4-9-28(2)11-12-29/h5-8,13-14,22,27,30H,4,9-12,15-18H2,1-3H3/t22-/m0/s1. The van der Waals surface area contributed by atoms with Gasteiger partial charge in [0, 0.05) is 32.7 Å². The molecule has 1 heterocycles. The Kier molecular flexibility index (Phi) is 9.29. The third-order valence-corrected chi connectivity index (χ3v) is 5.83. The number of aryl methyl sites for hydroxylation is 1. The van der Waals surface area contributed by atoms with Crippen LogP contribution in [0, 0.1) is 12.7 Å². The molecular formula is C25H36FN3O3. The predicted molar refractivity (Wildman–Crippen MR) is 125 cm³/mol. The van der Waals surface area contributed by atoms with E-state index in [1.165, 1.54) is 0 Å². The first-order valence-electron chi connectivity index (χ1n) is 11.3. The lowest BCUT2D eigenvalue weighted by atomic mass is 10.1. The number of β-amino-alcohol motifs (C(OH)–C–C–N with tert-alkyl or cyclic N) is 1. The van der Waals surface area contributed by atoms with Crippen LogP contribution in [0.4, 0.5) is 4.39 Å². The van der Waals surface area contributed by atoms with Crippen LogP contribution in [0.2, 0.25) is 0 Å². The Morgan fingerprint density at radius 2 is 1.78 bits per heavy atom. The van der Waals surface area contributed by atoms with Crippen molar-refractivity contribution in [2.75, 3.05) is 53.5 Å². The number of aliphatic hydroxyl groups is 1. The molecule has 1 fully saturated rings. The van der Waals surface area contributed by atoms with Crippen molar-refractivity contribution in [2.45, 2.75) is 32.5 Å². The molecule has 3 rings (SSSR count). The lowest BCUT2D eigenvalue weighted by Gasteiger charge is -2.23. The zero-order valence-electron chi connectivity index (χ0n) is 19.4. The monoisotopic (exact) mass is 445 g/mol. The van der Waals surface area contributed by atoms with Gasteiger partial charge in [0.15, 0.2) is 11.5 Å². The van der Waals surface area contributed by atoms with Crippen molar-refractivity contribution in [3.05, 3.63) is 58.9 Å². The molecule has 1 saturated heterocycles. The van der Waals surface area contributed by atoms with Gasteiger partial charge in [-0.3, -0.25) is 4.90 Å². The fourth-order valence-electron chi connectivity index (χ4n) is 3.86. The third-order valence-electron chi connectivity index (χ3n) is 5.83. The zero-order valence-corrected chi connectivity index (χ0v) is 19.4. The minimum atomic E-state index is -0.568.